The summed E-state index contributed by atoms with van der Waals surface area (Å²) >= 11 is 0. The van der Waals surface area contributed by atoms with Crippen molar-refractivity contribution in [3.63, 3.8) is 0 Å². The molecule has 2 heteroatoms. The number of hydrogen-bond donors (Lipinski definition) is 1. The fourth-order valence-electron chi connectivity index (χ4n) is 0.142. The Labute approximate surface area is 43.7 Å². The van der Waals surface area contributed by atoms with E-state index in [0.717, 1.165) is 0 Å². The fourth-order valence-corrected chi connectivity index (χ4v) is 0.142. The lowest BCUT2D eigenvalue weighted by Crippen LogP contribution is -2.19. The van der Waals surface area contributed by atoms with Crippen molar-refractivity contribution in [1.82, 2.24) is 0 Å². The van der Waals surface area contributed by atoms with E-state index >= 15 is 0 Å². The number of nitrogens with two attached hydrogens (primary N) is 1. The van der Waals surface area contributed by atoms with E-state index in [1.54, 1.807) is 6.92 Å². The third-order valence-corrected chi connectivity index (χ3v) is 0.919. The van der Waals surface area contributed by atoms with Gasteiger partial charge < -0.3 is 5.73 Å². The summed E-state index contributed by atoms with van der Waals surface area (Å²) in [6.07, 6.45) is 0.593. The summed E-state index contributed by atoms with van der Waals surface area (Å²) < 4.78 is 0. The maximum atomic E-state index is 10.1. The van der Waals surface area contributed by atoms with Gasteiger partial charge in [-0.2, -0.15) is 0 Å². The second-order valence-corrected chi connectivity index (χ2v) is 1.59. The molecular weight excluding hydrogens is 90.1 g/mol. The van der Waals surface area contributed by atoms with Crippen molar-refractivity contribution in [2.24, 2.45) is 11.7 Å². The van der Waals surface area contributed by atoms with Crippen LogP contribution in [0.2, 0.25) is 0 Å². The summed E-state index contributed by atoms with van der Waals surface area (Å²) in [4.78, 5) is 10.1. The molecule has 7 heavy (non-hydrogen) atoms. The summed E-state index contributed by atoms with van der Waals surface area (Å²) in [6.45, 7) is 5.27. The maximum Gasteiger partial charge on any atom is 0.220 e. The van der Waals surface area contributed by atoms with Crippen LogP contribution in [0.1, 0.15) is 13.3 Å². The molecule has 0 bridgehead atoms. The largest absolute Gasteiger partial charge is 0.369 e. The predicted molar refractivity (Wildman–Crippen MR) is 28.3 cm³/mol. The molecule has 1 amide bonds. The Morgan fingerprint density at radius 1 is 2.00 bits per heavy atom. The van der Waals surface area contributed by atoms with Crippen LogP contribution in [-0.2, 0) is 4.79 Å². The van der Waals surface area contributed by atoms with Crippen molar-refractivity contribution in [3.05, 3.63) is 6.92 Å². The Kier molecular flexibility index (Phi) is 2.41. The van der Waals surface area contributed by atoms with E-state index in [4.69, 9.17) is 5.73 Å². The van der Waals surface area contributed by atoms with Gasteiger partial charge in [-0.25, -0.2) is 0 Å². The van der Waals surface area contributed by atoms with Crippen molar-refractivity contribution in [2.75, 3.05) is 0 Å². The first kappa shape index (κ1) is 6.47. The molecule has 0 saturated heterocycles. The van der Waals surface area contributed by atoms with Gasteiger partial charge in [0.2, 0.25) is 5.91 Å². The quantitative estimate of drug-likeness (QED) is 0.534. The fraction of sp³-hybridized carbons (Fsp3) is 0.600. The highest BCUT2D eigenvalue weighted by molar-refractivity contribution is 5.76. The van der Waals surface area contributed by atoms with Crippen LogP contribution in [0.25, 0.3) is 0 Å². The zero-order valence-electron chi connectivity index (χ0n) is 4.48. The van der Waals surface area contributed by atoms with Gasteiger partial charge in [0.25, 0.3) is 0 Å². The highest BCUT2D eigenvalue weighted by atomic mass is 16.1. The molecule has 2 nitrogen and oxygen atoms in total. The van der Waals surface area contributed by atoms with Gasteiger partial charge in [-0.15, -0.1) is 0 Å². The van der Waals surface area contributed by atoms with E-state index in [0.29, 0.717) is 6.42 Å². The van der Waals surface area contributed by atoms with Crippen LogP contribution in [0.15, 0.2) is 0 Å². The molecule has 0 fully saturated rings. The van der Waals surface area contributed by atoms with Gasteiger partial charge in [0, 0.05) is 5.92 Å². The Hall–Kier alpha value is -0.530. The number of carbonyl (C=O) groups excluding carboxylic acids is 1. The number of amides is 1. The zero-order chi connectivity index (χ0) is 5.86. The molecular formula is C5H10NO. The second-order valence-electron chi connectivity index (χ2n) is 1.59. The minimum absolute atomic E-state index is 0.0694. The number of rotatable bonds is 2. The molecule has 1 atom stereocenters. The lowest BCUT2D eigenvalue weighted by atomic mass is 10.1. The van der Waals surface area contributed by atoms with E-state index in [9.17, 15) is 4.79 Å². The van der Waals surface area contributed by atoms with E-state index in [1.165, 1.54) is 0 Å². The minimum Gasteiger partial charge on any atom is -0.369 e. The van der Waals surface area contributed by atoms with Gasteiger partial charge in [0.15, 0.2) is 0 Å². The van der Waals surface area contributed by atoms with Crippen molar-refractivity contribution >= 4 is 5.91 Å². The Morgan fingerprint density at radius 2 is 2.43 bits per heavy atom. The van der Waals surface area contributed by atoms with E-state index in [1.807, 2.05) is 0 Å². The molecule has 0 rings (SSSR count). The van der Waals surface area contributed by atoms with Gasteiger partial charge in [-0.05, 0) is 6.42 Å². The van der Waals surface area contributed by atoms with Crippen LogP contribution < -0.4 is 5.73 Å². The summed E-state index contributed by atoms with van der Waals surface area (Å²) in [6, 6.07) is 0. The van der Waals surface area contributed by atoms with Gasteiger partial charge in [0.1, 0.15) is 0 Å². The lowest BCUT2D eigenvalue weighted by molar-refractivity contribution is -0.121. The Balaban J connectivity index is 3.34. The number of hydrogen-bond acceptors (Lipinski definition) is 1. The monoisotopic (exact) mass is 100 g/mol. The summed E-state index contributed by atoms with van der Waals surface area (Å²) in [7, 11) is 0. The van der Waals surface area contributed by atoms with Crippen LogP contribution >= 0.6 is 0 Å². The first-order chi connectivity index (χ1) is 3.18. The van der Waals surface area contributed by atoms with Crippen LogP contribution in [0.5, 0.6) is 0 Å². The van der Waals surface area contributed by atoms with Crippen LogP contribution in [0.4, 0.5) is 0 Å². The van der Waals surface area contributed by atoms with Crippen molar-refractivity contribution in [3.8, 4) is 0 Å². The predicted octanol–water partition coefficient (Wildman–Crippen LogP) is 0.332. The normalized spacial score (nSPS) is 13.4. The molecule has 0 aromatic rings. The molecule has 41 valence electrons. The molecule has 0 heterocycles. The number of primary amides is 1. The van der Waals surface area contributed by atoms with E-state index in [2.05, 4.69) is 6.92 Å². The molecule has 0 aromatic carbocycles. The summed E-state index contributed by atoms with van der Waals surface area (Å²) in [5, 5.41) is 0. The highest BCUT2D eigenvalue weighted by Gasteiger charge is 2.02. The third-order valence-electron chi connectivity index (χ3n) is 0.919. The molecule has 0 aliphatic carbocycles. The molecule has 1 radical (unpaired) electrons. The second kappa shape index (κ2) is 2.61. The van der Waals surface area contributed by atoms with Crippen molar-refractivity contribution in [1.29, 1.82) is 0 Å². The van der Waals surface area contributed by atoms with Gasteiger partial charge in [-0.1, -0.05) is 13.8 Å². The van der Waals surface area contributed by atoms with Gasteiger partial charge >= 0.3 is 0 Å². The Bertz CT molecular complexity index is 70.5. The molecule has 0 aliphatic heterocycles. The third kappa shape index (κ3) is 2.20. The van der Waals surface area contributed by atoms with Gasteiger partial charge in [0.05, 0.1) is 0 Å². The standard InChI is InChI=1S/C5H10NO/c1-3-4(2)5(6)7/h4H,1,3H2,2H3,(H2,6,7). The average Bonchev–Trinajstić information content (AvgIpc) is 1.65. The highest BCUT2D eigenvalue weighted by Crippen LogP contribution is 1.95. The molecule has 1 unspecified atom stereocenters. The SMILES string of the molecule is [CH2]CC(C)C(N)=O. The average molecular weight is 100 g/mol. The molecule has 0 aromatic heterocycles. The molecule has 0 spiro atoms. The molecule has 0 aliphatic rings. The molecule has 0 saturated carbocycles. The van der Waals surface area contributed by atoms with Crippen LogP contribution in [-0.4, -0.2) is 5.91 Å². The van der Waals surface area contributed by atoms with E-state index < -0.39 is 0 Å². The zero-order valence-corrected chi connectivity index (χ0v) is 4.48. The topological polar surface area (TPSA) is 43.1 Å². The molecule has 2 N–H and O–H groups in total. The van der Waals surface area contributed by atoms with Crippen molar-refractivity contribution in [2.45, 2.75) is 13.3 Å². The van der Waals surface area contributed by atoms with Crippen LogP contribution in [0.3, 0.4) is 0 Å². The summed E-state index contributed by atoms with van der Waals surface area (Å²) in [5.74, 6) is -0.338. The Morgan fingerprint density at radius 3 is 2.43 bits per heavy atom. The van der Waals surface area contributed by atoms with Crippen LogP contribution in [0, 0.1) is 12.8 Å². The van der Waals surface area contributed by atoms with Gasteiger partial charge in [-0.3, -0.25) is 4.79 Å². The van der Waals surface area contributed by atoms with E-state index in [-0.39, 0.29) is 11.8 Å². The smallest absolute Gasteiger partial charge is 0.220 e. The number of carbonyl (C=O) groups is 1. The lowest BCUT2D eigenvalue weighted by Gasteiger charge is -1.97. The maximum absolute atomic E-state index is 10.1. The minimum atomic E-state index is -0.269. The first-order valence-electron chi connectivity index (χ1n) is 2.27. The van der Waals surface area contributed by atoms with Crippen molar-refractivity contribution < 1.29 is 4.79 Å². The first-order valence-corrected chi connectivity index (χ1v) is 2.27. The summed E-state index contributed by atoms with van der Waals surface area (Å²) in [5.41, 5.74) is 4.87.